The Balaban J connectivity index is 1.27. The minimum absolute atomic E-state index is 0.306. The van der Waals surface area contributed by atoms with E-state index in [1.807, 2.05) is 54.1 Å². The van der Waals surface area contributed by atoms with Crippen molar-refractivity contribution in [2.24, 2.45) is 7.05 Å². The maximum absolute atomic E-state index is 6.02. The summed E-state index contributed by atoms with van der Waals surface area (Å²) in [5.74, 6) is 4.03. The number of hydrogen-bond acceptors (Lipinski definition) is 8. The zero-order chi connectivity index (χ0) is 18.9. The third-order valence-corrected chi connectivity index (χ3v) is 5.39. The molecule has 1 aliphatic rings. The van der Waals surface area contributed by atoms with Gasteiger partial charge in [0.15, 0.2) is 34.3 Å². The van der Waals surface area contributed by atoms with Crippen molar-refractivity contribution >= 4 is 11.8 Å². The zero-order valence-electron chi connectivity index (χ0n) is 14.9. The summed E-state index contributed by atoms with van der Waals surface area (Å²) in [5.41, 5.74) is 0.798. The highest BCUT2D eigenvalue weighted by Gasteiger charge is 2.27. The van der Waals surface area contributed by atoms with Gasteiger partial charge in [-0.2, -0.15) is 0 Å². The maximum atomic E-state index is 6.02. The lowest BCUT2D eigenvalue weighted by Crippen LogP contribution is -2.24. The normalized spacial score (nSPS) is 15.7. The molecule has 4 heterocycles. The van der Waals surface area contributed by atoms with Crippen LogP contribution in [0, 0.1) is 0 Å². The first-order valence-electron chi connectivity index (χ1n) is 8.68. The van der Waals surface area contributed by atoms with Crippen LogP contribution in [-0.2, 0) is 12.8 Å². The van der Waals surface area contributed by atoms with Crippen molar-refractivity contribution in [2.75, 3.05) is 6.61 Å². The Bertz CT molecular complexity index is 1090. The molecule has 0 unspecified atom stereocenters. The summed E-state index contributed by atoms with van der Waals surface area (Å²) >= 11 is 1.52. The summed E-state index contributed by atoms with van der Waals surface area (Å²) in [7, 11) is 1.92. The van der Waals surface area contributed by atoms with Gasteiger partial charge in [0.2, 0.25) is 5.76 Å². The molecule has 1 aromatic carbocycles. The molecule has 0 spiro atoms. The molecule has 0 saturated heterocycles. The van der Waals surface area contributed by atoms with Crippen LogP contribution in [0.2, 0.25) is 0 Å². The van der Waals surface area contributed by atoms with E-state index in [2.05, 4.69) is 15.4 Å². The van der Waals surface area contributed by atoms with Gasteiger partial charge in [0.25, 0.3) is 0 Å². The van der Waals surface area contributed by atoms with Crippen LogP contribution < -0.4 is 9.47 Å². The summed E-state index contributed by atoms with van der Waals surface area (Å²) in [6, 6.07) is 13.1. The average Bonchev–Trinajstić information content (AvgIpc) is 3.47. The molecular weight excluding hydrogens is 380 g/mol. The van der Waals surface area contributed by atoms with Crippen molar-refractivity contribution in [3.05, 3.63) is 60.2 Å². The number of ether oxygens (including phenoxy) is 2. The van der Waals surface area contributed by atoms with Crippen LogP contribution in [0.15, 0.2) is 62.8 Å². The molecule has 1 aliphatic heterocycles. The van der Waals surface area contributed by atoms with Gasteiger partial charge in [-0.05, 0) is 24.3 Å². The van der Waals surface area contributed by atoms with Crippen LogP contribution in [0.25, 0.3) is 11.5 Å². The van der Waals surface area contributed by atoms with Crippen LogP contribution in [0.5, 0.6) is 11.5 Å². The molecule has 142 valence electrons. The molecule has 4 aromatic rings. The topological polar surface area (TPSA) is 88.3 Å². The summed E-state index contributed by atoms with van der Waals surface area (Å²) in [4.78, 5) is 0. The van der Waals surface area contributed by atoms with Crippen LogP contribution in [0.4, 0.5) is 0 Å². The fourth-order valence-electron chi connectivity index (χ4n) is 2.93. The Labute approximate surface area is 164 Å². The van der Waals surface area contributed by atoms with Gasteiger partial charge in [-0.15, -0.1) is 10.2 Å². The molecular formula is C19H16N4O4S. The highest BCUT2D eigenvalue weighted by atomic mass is 32.2. The number of hydrogen-bond donors (Lipinski definition) is 0. The van der Waals surface area contributed by atoms with Crippen molar-refractivity contribution in [3.8, 4) is 23.0 Å². The van der Waals surface area contributed by atoms with Crippen LogP contribution in [0.1, 0.15) is 17.6 Å². The molecule has 0 fully saturated rings. The molecule has 0 N–H and O–H groups in total. The second kappa shape index (κ2) is 7.08. The van der Waals surface area contributed by atoms with E-state index in [0.717, 1.165) is 16.6 Å². The number of aromatic nitrogens is 4. The van der Waals surface area contributed by atoms with E-state index in [1.165, 1.54) is 11.8 Å². The quantitative estimate of drug-likeness (QED) is 0.470. The molecule has 3 aromatic heterocycles. The van der Waals surface area contributed by atoms with E-state index < -0.39 is 0 Å². The van der Waals surface area contributed by atoms with Gasteiger partial charge in [0.05, 0.1) is 12.0 Å². The number of fused-ring (bicyclic) bond motifs is 1. The van der Waals surface area contributed by atoms with Crippen LogP contribution in [0.3, 0.4) is 0 Å². The lowest BCUT2D eigenvalue weighted by molar-refractivity contribution is 0.0825. The van der Waals surface area contributed by atoms with Gasteiger partial charge >= 0.3 is 0 Å². The number of rotatable bonds is 5. The van der Waals surface area contributed by atoms with E-state index in [4.69, 9.17) is 18.4 Å². The first kappa shape index (κ1) is 16.9. The lowest BCUT2D eigenvalue weighted by atomic mass is 10.2. The number of benzene rings is 1. The maximum Gasteiger partial charge on any atom is 0.202 e. The summed E-state index contributed by atoms with van der Waals surface area (Å²) < 4.78 is 24.4. The highest BCUT2D eigenvalue weighted by molar-refractivity contribution is 7.98. The van der Waals surface area contributed by atoms with Gasteiger partial charge in [-0.25, -0.2) is 0 Å². The average molecular weight is 396 g/mol. The SMILES string of the molecule is Cn1c(SCc2cc(-c3ccco3)on2)nnc1[C@@H]1COc2ccccc2O1. The Kier molecular flexibility index (Phi) is 4.28. The second-order valence-corrected chi connectivity index (χ2v) is 7.15. The second-order valence-electron chi connectivity index (χ2n) is 6.21. The fraction of sp³-hybridized carbons (Fsp3) is 0.211. The molecule has 0 radical (unpaired) electrons. The van der Waals surface area contributed by atoms with E-state index in [9.17, 15) is 0 Å². The van der Waals surface area contributed by atoms with Gasteiger partial charge < -0.3 is 23.0 Å². The van der Waals surface area contributed by atoms with Gasteiger partial charge in [0, 0.05) is 18.9 Å². The smallest absolute Gasteiger partial charge is 0.202 e. The molecule has 9 heteroatoms. The van der Waals surface area contributed by atoms with E-state index >= 15 is 0 Å². The van der Waals surface area contributed by atoms with Gasteiger partial charge in [0.1, 0.15) is 6.61 Å². The Morgan fingerprint density at radius 3 is 2.86 bits per heavy atom. The van der Waals surface area contributed by atoms with E-state index in [-0.39, 0.29) is 6.10 Å². The van der Waals surface area contributed by atoms with E-state index in [0.29, 0.717) is 35.5 Å². The summed E-state index contributed by atoms with van der Waals surface area (Å²) in [6.45, 7) is 0.392. The minimum Gasteiger partial charge on any atom is -0.485 e. The molecule has 1 atom stereocenters. The first-order valence-corrected chi connectivity index (χ1v) is 9.66. The first-order chi connectivity index (χ1) is 13.8. The minimum atomic E-state index is -0.306. The van der Waals surface area contributed by atoms with Crippen LogP contribution in [-0.4, -0.2) is 26.5 Å². The predicted octanol–water partition coefficient (Wildman–Crippen LogP) is 3.87. The van der Waals surface area contributed by atoms with Crippen molar-refractivity contribution in [2.45, 2.75) is 17.0 Å². The van der Waals surface area contributed by atoms with Crippen LogP contribution >= 0.6 is 11.8 Å². The van der Waals surface area contributed by atoms with Crippen molar-refractivity contribution in [1.29, 1.82) is 0 Å². The molecule has 28 heavy (non-hydrogen) atoms. The van der Waals surface area contributed by atoms with Gasteiger partial charge in [-0.1, -0.05) is 29.1 Å². The monoisotopic (exact) mass is 396 g/mol. The molecule has 0 amide bonds. The number of thioether (sulfide) groups is 1. The third-order valence-electron chi connectivity index (χ3n) is 4.34. The summed E-state index contributed by atoms with van der Waals surface area (Å²) in [5, 5.41) is 13.4. The highest BCUT2D eigenvalue weighted by Crippen LogP contribution is 2.36. The molecule has 8 nitrogen and oxygen atoms in total. The molecule has 0 bridgehead atoms. The van der Waals surface area contributed by atoms with Gasteiger partial charge in [-0.3, -0.25) is 0 Å². The largest absolute Gasteiger partial charge is 0.485 e. The molecule has 0 aliphatic carbocycles. The Morgan fingerprint density at radius 2 is 2.00 bits per heavy atom. The number of furan rings is 1. The Morgan fingerprint density at radius 1 is 1.11 bits per heavy atom. The van der Waals surface area contributed by atoms with E-state index in [1.54, 1.807) is 6.26 Å². The third kappa shape index (κ3) is 3.13. The standard InChI is InChI=1S/C19H16N4O4S/c1-23-18(17-10-25-13-5-2-3-6-15(13)26-17)20-21-19(23)28-11-12-9-16(27-22-12)14-7-4-8-24-14/h2-9,17H,10-11H2,1H3/t17-/m0/s1. The molecule has 5 rings (SSSR count). The predicted molar refractivity (Wildman–Crippen MR) is 100 cm³/mol. The zero-order valence-corrected chi connectivity index (χ0v) is 15.8. The fourth-order valence-corrected chi connectivity index (χ4v) is 3.73. The summed E-state index contributed by atoms with van der Waals surface area (Å²) in [6.07, 6.45) is 1.29. The van der Waals surface area contributed by atoms with Crippen molar-refractivity contribution in [3.63, 3.8) is 0 Å². The number of para-hydroxylation sites is 2. The Hall–Kier alpha value is -3.20. The lowest BCUT2D eigenvalue weighted by Gasteiger charge is -2.25. The number of nitrogens with zero attached hydrogens (tertiary/aromatic N) is 4. The van der Waals surface area contributed by atoms with Crippen molar-refractivity contribution in [1.82, 2.24) is 19.9 Å². The molecule has 0 saturated carbocycles. The van der Waals surface area contributed by atoms with Crippen molar-refractivity contribution < 1.29 is 18.4 Å².